The molecule has 8 nitrogen and oxygen atoms in total. The molecule has 0 aromatic heterocycles. The zero-order valence-corrected chi connectivity index (χ0v) is 20.5. The predicted molar refractivity (Wildman–Crippen MR) is 127 cm³/mol. The standard InChI is InChI=1S/C27H34O8/c1-18(28)33-26-23(16-19-7-11-21(29-2)12-8-19)34-27(20-9-13-22(30-3)14-10-20)35-24(26)17-32-25-6-4-5-15-31-25/h7-14,23-27H,4-6,15-17H2,1-3H3. The van der Waals surface area contributed by atoms with E-state index < -0.39 is 30.6 Å². The van der Waals surface area contributed by atoms with Gasteiger partial charge in [-0.1, -0.05) is 24.3 Å². The number of hydrogen-bond donors (Lipinski definition) is 0. The summed E-state index contributed by atoms with van der Waals surface area (Å²) in [7, 11) is 3.26. The number of esters is 1. The summed E-state index contributed by atoms with van der Waals surface area (Å²) >= 11 is 0. The lowest BCUT2D eigenvalue weighted by Crippen LogP contribution is -2.52. The van der Waals surface area contributed by atoms with Crippen molar-refractivity contribution in [3.05, 3.63) is 59.7 Å². The molecule has 8 heteroatoms. The van der Waals surface area contributed by atoms with Gasteiger partial charge < -0.3 is 33.2 Å². The van der Waals surface area contributed by atoms with E-state index in [1.54, 1.807) is 14.2 Å². The van der Waals surface area contributed by atoms with Crippen LogP contribution in [0.4, 0.5) is 0 Å². The molecule has 190 valence electrons. The molecule has 2 fully saturated rings. The fourth-order valence-electron chi connectivity index (χ4n) is 4.34. The molecule has 5 atom stereocenters. The van der Waals surface area contributed by atoms with Gasteiger partial charge in [-0.3, -0.25) is 4.79 Å². The lowest BCUT2D eigenvalue weighted by atomic mass is 9.98. The second-order valence-corrected chi connectivity index (χ2v) is 8.71. The van der Waals surface area contributed by atoms with Gasteiger partial charge in [0.25, 0.3) is 0 Å². The van der Waals surface area contributed by atoms with Gasteiger partial charge in [0.15, 0.2) is 18.7 Å². The highest BCUT2D eigenvalue weighted by molar-refractivity contribution is 5.66. The van der Waals surface area contributed by atoms with Crippen LogP contribution in [0.15, 0.2) is 48.5 Å². The summed E-state index contributed by atoms with van der Waals surface area (Å²) in [6.45, 7) is 2.29. The minimum atomic E-state index is -0.656. The first-order chi connectivity index (χ1) is 17.1. The molecule has 2 saturated heterocycles. The number of benzene rings is 2. The second kappa shape index (κ2) is 12.4. The summed E-state index contributed by atoms with van der Waals surface area (Å²) in [6, 6.07) is 15.3. The fourth-order valence-corrected chi connectivity index (χ4v) is 4.34. The van der Waals surface area contributed by atoms with E-state index in [1.165, 1.54) is 6.92 Å². The van der Waals surface area contributed by atoms with Crippen LogP contribution in [0, 0.1) is 0 Å². The SMILES string of the molecule is COc1ccc(CC2OC(c3ccc(OC)cc3)OC(COC3CCCCO3)C2OC(C)=O)cc1. The van der Waals surface area contributed by atoms with Gasteiger partial charge in [-0.2, -0.15) is 0 Å². The lowest BCUT2D eigenvalue weighted by molar-refractivity contribution is -0.306. The normalized spacial score (nSPS) is 26.7. The molecule has 0 aliphatic carbocycles. The Kier molecular flexibility index (Phi) is 8.98. The number of ether oxygens (including phenoxy) is 7. The van der Waals surface area contributed by atoms with Crippen molar-refractivity contribution in [1.29, 1.82) is 0 Å². The molecule has 0 saturated carbocycles. The van der Waals surface area contributed by atoms with Crippen molar-refractivity contribution in [2.45, 2.75) is 63.5 Å². The third-order valence-corrected chi connectivity index (χ3v) is 6.20. The van der Waals surface area contributed by atoms with Crippen molar-refractivity contribution in [2.24, 2.45) is 0 Å². The van der Waals surface area contributed by atoms with Crippen molar-refractivity contribution >= 4 is 5.97 Å². The molecule has 2 heterocycles. The molecule has 0 spiro atoms. The number of hydrogen-bond acceptors (Lipinski definition) is 8. The minimum absolute atomic E-state index is 0.220. The van der Waals surface area contributed by atoms with Crippen molar-refractivity contribution in [3.8, 4) is 11.5 Å². The molecule has 0 N–H and O–H groups in total. The summed E-state index contributed by atoms with van der Waals surface area (Å²) in [4.78, 5) is 12.0. The highest BCUT2D eigenvalue weighted by Gasteiger charge is 2.43. The second-order valence-electron chi connectivity index (χ2n) is 8.71. The van der Waals surface area contributed by atoms with E-state index >= 15 is 0 Å². The van der Waals surface area contributed by atoms with Gasteiger partial charge >= 0.3 is 5.97 Å². The van der Waals surface area contributed by atoms with Crippen molar-refractivity contribution in [3.63, 3.8) is 0 Å². The van der Waals surface area contributed by atoms with E-state index in [-0.39, 0.29) is 12.9 Å². The molecule has 0 bridgehead atoms. The van der Waals surface area contributed by atoms with Crippen molar-refractivity contribution < 1.29 is 38.0 Å². The van der Waals surface area contributed by atoms with E-state index in [2.05, 4.69) is 0 Å². The van der Waals surface area contributed by atoms with Gasteiger partial charge in [0, 0.05) is 25.5 Å². The van der Waals surface area contributed by atoms with Gasteiger partial charge in [0.05, 0.1) is 20.8 Å². The van der Waals surface area contributed by atoms with E-state index in [0.29, 0.717) is 13.0 Å². The number of carbonyl (C=O) groups is 1. The Labute approximate surface area is 206 Å². The molecule has 2 aromatic carbocycles. The van der Waals surface area contributed by atoms with Crippen LogP contribution in [-0.4, -0.2) is 58.0 Å². The molecular weight excluding hydrogens is 452 g/mol. The smallest absolute Gasteiger partial charge is 0.303 e. The maximum atomic E-state index is 12.0. The summed E-state index contributed by atoms with van der Waals surface area (Å²) < 4.78 is 40.8. The molecule has 0 amide bonds. The Bertz CT molecular complexity index is 923. The maximum Gasteiger partial charge on any atom is 0.303 e. The lowest BCUT2D eigenvalue weighted by Gasteiger charge is -2.42. The monoisotopic (exact) mass is 486 g/mol. The zero-order valence-electron chi connectivity index (χ0n) is 20.5. The van der Waals surface area contributed by atoms with Crippen LogP contribution in [0.1, 0.15) is 43.6 Å². The van der Waals surface area contributed by atoms with Gasteiger partial charge in [0.2, 0.25) is 0 Å². The Morgan fingerprint density at radius 1 is 0.914 bits per heavy atom. The molecule has 2 aromatic rings. The van der Waals surface area contributed by atoms with Gasteiger partial charge in [-0.25, -0.2) is 0 Å². The van der Waals surface area contributed by atoms with Gasteiger partial charge in [-0.05, 0) is 49.1 Å². The van der Waals surface area contributed by atoms with Crippen molar-refractivity contribution in [2.75, 3.05) is 27.4 Å². The first-order valence-corrected chi connectivity index (χ1v) is 12.0. The Morgan fingerprint density at radius 2 is 1.57 bits per heavy atom. The number of carbonyl (C=O) groups excluding carboxylic acids is 1. The maximum absolute atomic E-state index is 12.0. The Morgan fingerprint density at radius 3 is 2.17 bits per heavy atom. The highest BCUT2D eigenvalue weighted by atomic mass is 16.7. The molecule has 0 radical (unpaired) electrons. The van der Waals surface area contributed by atoms with Crippen LogP contribution < -0.4 is 9.47 Å². The van der Waals surface area contributed by atoms with E-state index in [4.69, 9.17) is 33.2 Å². The third-order valence-electron chi connectivity index (χ3n) is 6.20. The van der Waals surface area contributed by atoms with Crippen LogP contribution in [0.2, 0.25) is 0 Å². The molecule has 2 aliphatic heterocycles. The molecular formula is C27H34O8. The van der Waals surface area contributed by atoms with Crippen LogP contribution in [0.5, 0.6) is 11.5 Å². The molecule has 2 aliphatic rings. The van der Waals surface area contributed by atoms with Crippen LogP contribution in [0.25, 0.3) is 0 Å². The average molecular weight is 487 g/mol. The van der Waals surface area contributed by atoms with E-state index in [9.17, 15) is 4.79 Å². The predicted octanol–water partition coefficient (Wildman–Crippen LogP) is 4.20. The zero-order chi connectivity index (χ0) is 24.6. The number of methoxy groups -OCH3 is 2. The first kappa shape index (κ1) is 25.4. The van der Waals surface area contributed by atoms with Gasteiger partial charge in [-0.15, -0.1) is 0 Å². The Balaban J connectivity index is 1.57. The summed E-state index contributed by atoms with van der Waals surface area (Å²) in [5.74, 6) is 1.11. The highest BCUT2D eigenvalue weighted by Crippen LogP contribution is 2.34. The minimum Gasteiger partial charge on any atom is -0.497 e. The van der Waals surface area contributed by atoms with E-state index in [1.807, 2.05) is 48.5 Å². The summed E-state index contributed by atoms with van der Waals surface area (Å²) in [6.07, 6.45) is 0.876. The third kappa shape index (κ3) is 6.95. The topological polar surface area (TPSA) is 81.7 Å². The quantitative estimate of drug-likeness (QED) is 0.488. The van der Waals surface area contributed by atoms with Crippen molar-refractivity contribution in [1.82, 2.24) is 0 Å². The molecule has 35 heavy (non-hydrogen) atoms. The fraction of sp³-hybridized carbons (Fsp3) is 0.519. The van der Waals surface area contributed by atoms with Crippen LogP contribution in [-0.2, 0) is 34.9 Å². The number of rotatable bonds is 9. The van der Waals surface area contributed by atoms with Gasteiger partial charge in [0.1, 0.15) is 23.7 Å². The first-order valence-electron chi connectivity index (χ1n) is 12.0. The molecule has 5 unspecified atom stereocenters. The van der Waals surface area contributed by atoms with Crippen LogP contribution >= 0.6 is 0 Å². The molecule has 4 rings (SSSR count). The van der Waals surface area contributed by atoms with Crippen LogP contribution in [0.3, 0.4) is 0 Å². The largest absolute Gasteiger partial charge is 0.497 e. The Hall–Kier alpha value is -2.65. The average Bonchev–Trinajstić information content (AvgIpc) is 2.89. The summed E-state index contributed by atoms with van der Waals surface area (Å²) in [5, 5.41) is 0. The summed E-state index contributed by atoms with van der Waals surface area (Å²) in [5.41, 5.74) is 1.87. The van der Waals surface area contributed by atoms with E-state index in [0.717, 1.165) is 41.9 Å².